The first kappa shape index (κ1) is 25.2. The number of β-amino-alcohol motifs (C(OH)–C–C–N with tert-alkyl or cyclic N) is 1. The van der Waals surface area contributed by atoms with Gasteiger partial charge in [-0.15, -0.1) is 0 Å². The second-order valence-electron chi connectivity index (χ2n) is 13.1. The van der Waals surface area contributed by atoms with Gasteiger partial charge in [-0.25, -0.2) is 0 Å². The Bertz CT molecular complexity index is 1180. The van der Waals surface area contributed by atoms with Crippen molar-refractivity contribution in [2.45, 2.75) is 87.3 Å². The molecule has 1 N–H and O–H groups in total. The Balaban J connectivity index is 1.34. The van der Waals surface area contributed by atoms with Crippen LogP contribution >= 0.6 is 0 Å². The number of hydrogen-bond acceptors (Lipinski definition) is 3. The van der Waals surface area contributed by atoms with E-state index >= 15 is 0 Å². The Kier molecular flexibility index (Phi) is 4.99. The Labute approximate surface area is 218 Å². The van der Waals surface area contributed by atoms with Gasteiger partial charge in [0.1, 0.15) is 0 Å². The van der Waals surface area contributed by atoms with Gasteiger partial charge >= 0.3 is 12.4 Å². The summed E-state index contributed by atoms with van der Waals surface area (Å²) in [5, 5.41) is 10.1. The highest BCUT2D eigenvalue weighted by Gasteiger charge is 2.78. The third kappa shape index (κ3) is 2.95. The highest BCUT2D eigenvalue weighted by atomic mass is 19.4. The second-order valence-corrected chi connectivity index (χ2v) is 13.1. The summed E-state index contributed by atoms with van der Waals surface area (Å²) in [6.07, 6.45) is -5.27. The fraction of sp³-hybridized carbons (Fsp3) is 0.724. The summed E-state index contributed by atoms with van der Waals surface area (Å²) < 4.78 is 82.5. The van der Waals surface area contributed by atoms with E-state index in [9.17, 15) is 31.4 Å². The minimum absolute atomic E-state index is 0.0495. The number of piperidine rings is 1. The van der Waals surface area contributed by atoms with Crippen LogP contribution in [0, 0.1) is 30.1 Å². The van der Waals surface area contributed by atoms with E-state index in [1.54, 1.807) is 0 Å². The van der Waals surface area contributed by atoms with Crippen LogP contribution in [0.2, 0.25) is 0 Å². The number of halogens is 6. The first-order valence-electron chi connectivity index (χ1n) is 13.9. The van der Waals surface area contributed by atoms with E-state index in [4.69, 9.17) is 0 Å². The molecule has 0 amide bonds. The van der Waals surface area contributed by atoms with Gasteiger partial charge in [-0.05, 0) is 86.8 Å². The second kappa shape index (κ2) is 7.50. The predicted octanol–water partition coefficient (Wildman–Crippen LogP) is 5.74. The Morgan fingerprint density at radius 1 is 1.05 bits per heavy atom. The number of benzene rings is 1. The van der Waals surface area contributed by atoms with Gasteiger partial charge in [0.15, 0.2) is 0 Å². The quantitative estimate of drug-likeness (QED) is 0.494. The maximum absolute atomic E-state index is 13.7. The number of rotatable bonds is 4. The molecule has 0 spiro atoms. The molecule has 0 aromatic heterocycles. The zero-order chi connectivity index (χ0) is 27.0. The zero-order valence-electron chi connectivity index (χ0n) is 21.5. The molecule has 2 saturated heterocycles. The number of aliphatic hydroxyl groups is 1. The topological polar surface area (TPSA) is 26.7 Å². The van der Waals surface area contributed by atoms with Crippen LogP contribution in [-0.4, -0.2) is 64.6 Å². The van der Waals surface area contributed by atoms with Gasteiger partial charge in [0.05, 0.1) is 6.54 Å². The molecule has 208 valence electrons. The summed E-state index contributed by atoms with van der Waals surface area (Å²) in [4.78, 5) is 3.89. The van der Waals surface area contributed by atoms with Crippen LogP contribution in [0.4, 0.5) is 26.3 Å². The number of hydrogen-bond donors (Lipinski definition) is 1. The molecule has 5 unspecified atom stereocenters. The van der Waals surface area contributed by atoms with E-state index in [1.807, 2.05) is 0 Å². The Morgan fingerprint density at radius 3 is 2.42 bits per heavy atom. The molecule has 7 rings (SSSR count). The van der Waals surface area contributed by atoms with Crippen molar-refractivity contribution < 1.29 is 31.4 Å². The molecule has 9 heteroatoms. The maximum atomic E-state index is 13.7. The number of likely N-dealkylation sites (tertiary alicyclic amines) is 2. The van der Waals surface area contributed by atoms with E-state index in [0.29, 0.717) is 18.2 Å². The lowest BCUT2D eigenvalue weighted by atomic mass is 9.43. The van der Waals surface area contributed by atoms with Gasteiger partial charge in [-0.1, -0.05) is 30.3 Å². The molecule has 4 bridgehead atoms. The van der Waals surface area contributed by atoms with Gasteiger partial charge in [0.25, 0.3) is 5.60 Å². The van der Waals surface area contributed by atoms with Crippen molar-refractivity contribution in [1.29, 1.82) is 0 Å². The lowest BCUT2D eigenvalue weighted by Crippen LogP contribution is -2.70. The number of fused-ring (bicyclic) bond motifs is 1. The number of allylic oxidation sites excluding steroid dienone is 1. The van der Waals surface area contributed by atoms with Gasteiger partial charge in [-0.2, -0.15) is 26.3 Å². The number of aryl methyl sites for hydroxylation is 1. The van der Waals surface area contributed by atoms with Gasteiger partial charge in [0.2, 0.25) is 0 Å². The fourth-order valence-electron chi connectivity index (χ4n) is 9.88. The van der Waals surface area contributed by atoms with Crippen molar-refractivity contribution in [3.05, 3.63) is 47.2 Å². The lowest BCUT2D eigenvalue weighted by Gasteiger charge is -2.67. The summed E-state index contributed by atoms with van der Waals surface area (Å²) >= 11 is 0. The normalized spacial score (nSPS) is 38.4. The molecule has 5 fully saturated rings. The minimum atomic E-state index is -5.84. The van der Waals surface area contributed by atoms with Crippen molar-refractivity contribution in [3.63, 3.8) is 0 Å². The van der Waals surface area contributed by atoms with E-state index in [0.717, 1.165) is 50.3 Å². The van der Waals surface area contributed by atoms with Gasteiger partial charge in [-0.3, -0.25) is 4.90 Å². The van der Waals surface area contributed by atoms with Crippen LogP contribution in [0.25, 0.3) is 0 Å². The molecular weight excluding hydrogens is 506 g/mol. The van der Waals surface area contributed by atoms with Gasteiger partial charge in [0, 0.05) is 35.7 Å². The van der Waals surface area contributed by atoms with E-state index < -0.39 is 30.5 Å². The molecule has 1 aromatic carbocycles. The maximum Gasteiger partial charge on any atom is 0.428 e. The van der Waals surface area contributed by atoms with Crippen molar-refractivity contribution in [2.24, 2.45) is 23.2 Å². The summed E-state index contributed by atoms with van der Waals surface area (Å²) in [6, 6.07) is 6.39. The highest BCUT2D eigenvalue weighted by Crippen LogP contribution is 2.77. The Morgan fingerprint density at radius 2 is 1.76 bits per heavy atom. The molecule has 1 aromatic rings. The summed E-state index contributed by atoms with van der Waals surface area (Å²) in [6.45, 7) is 6.63. The van der Waals surface area contributed by atoms with E-state index in [2.05, 4.69) is 36.6 Å². The predicted molar refractivity (Wildman–Crippen MR) is 129 cm³/mol. The van der Waals surface area contributed by atoms with Crippen LogP contribution in [0.3, 0.4) is 0 Å². The van der Waals surface area contributed by atoms with E-state index in [-0.39, 0.29) is 22.7 Å². The molecule has 3 nitrogen and oxygen atoms in total. The molecule has 6 aliphatic rings. The molecule has 0 radical (unpaired) electrons. The van der Waals surface area contributed by atoms with Crippen LogP contribution < -0.4 is 0 Å². The standard InChI is InChI=1S/C29H34F6N2O/c1-16-3-6-19-12-23-25-8-7-22-24(26(25,21(19)11-16)9-10-36(23)14-18-4-5-18)20(13-25)17(2)37(22)15-27(38,28(30,31)32)29(33,34)35/h3,6,11,18,20,22-24,38H,2,4-5,7-10,12-15H2,1H3/t20-,22?,23?,24?,25?,26?/m1/s1. The average molecular weight is 541 g/mol. The van der Waals surface area contributed by atoms with Crippen LogP contribution in [-0.2, 0) is 11.8 Å². The highest BCUT2D eigenvalue weighted by molar-refractivity contribution is 5.51. The molecule has 3 saturated carbocycles. The zero-order valence-corrected chi connectivity index (χ0v) is 21.5. The smallest absolute Gasteiger partial charge is 0.372 e. The van der Waals surface area contributed by atoms with Crippen LogP contribution in [0.1, 0.15) is 55.2 Å². The fourth-order valence-corrected chi connectivity index (χ4v) is 9.88. The largest absolute Gasteiger partial charge is 0.428 e. The minimum Gasteiger partial charge on any atom is -0.372 e. The molecule has 38 heavy (non-hydrogen) atoms. The van der Waals surface area contributed by atoms with E-state index in [1.165, 1.54) is 28.9 Å². The molecule has 6 atom stereocenters. The van der Waals surface area contributed by atoms with Crippen molar-refractivity contribution in [1.82, 2.24) is 9.80 Å². The summed E-state index contributed by atoms with van der Waals surface area (Å²) in [5.41, 5.74) is -1.11. The molecular formula is C29H34F6N2O. The third-order valence-electron chi connectivity index (χ3n) is 11.5. The molecule has 4 aliphatic carbocycles. The van der Waals surface area contributed by atoms with Crippen molar-refractivity contribution in [3.8, 4) is 0 Å². The SMILES string of the molecule is C=C1[C@H]2CC34CCC(C2C32CCN(CC3CC3)C4Cc3ccc(C)cc32)N1CC(O)(C(F)(F)F)C(F)(F)F. The van der Waals surface area contributed by atoms with Crippen molar-refractivity contribution in [2.75, 3.05) is 19.6 Å². The van der Waals surface area contributed by atoms with Crippen LogP contribution in [0.5, 0.6) is 0 Å². The van der Waals surface area contributed by atoms with Gasteiger partial charge < -0.3 is 10.0 Å². The van der Waals surface area contributed by atoms with Crippen molar-refractivity contribution >= 4 is 0 Å². The average Bonchev–Trinajstić information content (AvgIpc) is 3.56. The molecule has 2 heterocycles. The first-order chi connectivity index (χ1) is 17.7. The number of nitrogens with zero attached hydrogens (tertiary/aromatic N) is 2. The lowest BCUT2D eigenvalue weighted by molar-refractivity contribution is -0.370. The monoisotopic (exact) mass is 540 g/mol. The number of alkyl halides is 6. The third-order valence-corrected chi connectivity index (χ3v) is 11.5. The first-order valence-corrected chi connectivity index (χ1v) is 13.9. The van der Waals surface area contributed by atoms with Crippen LogP contribution in [0.15, 0.2) is 30.5 Å². The summed E-state index contributed by atoms with van der Waals surface area (Å²) in [5.74, 6) is 0.465. The summed E-state index contributed by atoms with van der Waals surface area (Å²) in [7, 11) is 0. The molecule has 2 aliphatic heterocycles. The Hall–Kier alpha value is -1.74.